The molecule has 0 aromatic heterocycles. The maximum atomic E-state index is 7.46. The van der Waals surface area contributed by atoms with E-state index in [0.717, 1.165) is 63.1 Å². The van der Waals surface area contributed by atoms with Crippen LogP contribution < -0.4 is 0 Å². The Morgan fingerprint density at radius 3 is 2.70 bits per heavy atom. The Morgan fingerprint density at radius 2 is 1.97 bits per heavy atom. The SMILES string of the molecule is C=CC(=C)/C=C\C(=C/C(=C)/C=N\C)[C@H]1CC[C@@H]2[C@]1(C)CC=C1C=C3CC[C@@H](N4COC4)C[C@]34CC[C@@]12O4. The van der Waals surface area contributed by atoms with Crippen LogP contribution in [0.2, 0.25) is 0 Å². The van der Waals surface area contributed by atoms with Gasteiger partial charge in [-0.15, -0.1) is 0 Å². The van der Waals surface area contributed by atoms with E-state index in [1.54, 1.807) is 12.6 Å². The monoisotopic (exact) mass is 498 g/mol. The highest BCUT2D eigenvalue weighted by Gasteiger charge is 2.66. The molecule has 0 aromatic carbocycles. The summed E-state index contributed by atoms with van der Waals surface area (Å²) < 4.78 is 13.0. The molecule has 4 fully saturated rings. The van der Waals surface area contributed by atoms with Crippen molar-refractivity contribution in [3.63, 3.8) is 0 Å². The van der Waals surface area contributed by atoms with Gasteiger partial charge < -0.3 is 9.47 Å². The summed E-state index contributed by atoms with van der Waals surface area (Å²) in [6, 6.07) is 0.585. The highest BCUT2D eigenvalue weighted by atomic mass is 16.5. The van der Waals surface area contributed by atoms with Crippen molar-refractivity contribution in [1.29, 1.82) is 0 Å². The third-order valence-corrected chi connectivity index (χ3v) is 10.5. The molecular weight excluding hydrogens is 456 g/mol. The van der Waals surface area contributed by atoms with Crippen molar-refractivity contribution >= 4 is 6.21 Å². The summed E-state index contributed by atoms with van der Waals surface area (Å²) in [7, 11) is 1.80. The van der Waals surface area contributed by atoms with Crippen molar-refractivity contribution in [2.24, 2.45) is 22.2 Å². The lowest BCUT2D eigenvalue weighted by molar-refractivity contribution is -0.191. The van der Waals surface area contributed by atoms with Gasteiger partial charge in [-0.25, -0.2) is 0 Å². The van der Waals surface area contributed by atoms with Crippen molar-refractivity contribution in [3.05, 3.63) is 84.1 Å². The summed E-state index contributed by atoms with van der Waals surface area (Å²) in [6.07, 6.45) is 24.6. The van der Waals surface area contributed by atoms with Gasteiger partial charge in [-0.1, -0.05) is 63.1 Å². The molecule has 3 aliphatic heterocycles. The Hall–Kier alpha value is -2.27. The topological polar surface area (TPSA) is 34.1 Å². The van der Waals surface area contributed by atoms with Crippen molar-refractivity contribution in [3.8, 4) is 0 Å². The smallest absolute Gasteiger partial charge is 0.103 e. The zero-order chi connectivity index (χ0) is 25.8. The fourth-order valence-electron chi connectivity index (χ4n) is 8.60. The molecule has 6 aliphatic rings. The molecule has 0 aromatic rings. The van der Waals surface area contributed by atoms with E-state index in [4.69, 9.17) is 9.47 Å². The minimum absolute atomic E-state index is 0.0711. The van der Waals surface area contributed by atoms with Gasteiger partial charge in [-0.3, -0.25) is 9.89 Å². The quantitative estimate of drug-likeness (QED) is 0.284. The van der Waals surface area contributed by atoms with E-state index < -0.39 is 0 Å². The molecule has 3 aliphatic carbocycles. The van der Waals surface area contributed by atoms with Crippen LogP contribution >= 0.6 is 0 Å². The minimum Gasteiger partial charge on any atom is -0.359 e. The van der Waals surface area contributed by atoms with E-state index >= 15 is 0 Å². The molecule has 4 nitrogen and oxygen atoms in total. The average Bonchev–Trinajstić information content (AvgIpc) is 3.35. The first-order valence-electron chi connectivity index (χ1n) is 14.1. The molecule has 0 N–H and O–H groups in total. The standard InChI is InChI=1S/C33H42N2O2/c1-6-23(2)7-8-25(17-24(3)20-34-5)29-11-12-30-31(29,4)14-13-27-18-26-9-10-28(35-21-36-22-35)19-32(26)15-16-33(27,30)37-32/h6-8,13,17-18,20,28-30H,1-3,9-12,14-16,19,21-22H2,4-5H3/b8-7-,25-17+,34-20-/t28-,29-,30-,31-,32-,33-/m1/s1. The minimum atomic E-state index is -0.139. The molecule has 0 radical (unpaired) electrons. The molecule has 4 heteroatoms. The van der Waals surface area contributed by atoms with Gasteiger partial charge in [0, 0.05) is 19.3 Å². The van der Waals surface area contributed by atoms with Crippen LogP contribution in [0.1, 0.15) is 58.3 Å². The van der Waals surface area contributed by atoms with E-state index in [-0.39, 0.29) is 16.6 Å². The molecular formula is C33H42N2O2. The number of nitrogens with zero attached hydrogens (tertiary/aromatic N) is 2. The number of hydrogen-bond acceptors (Lipinski definition) is 4. The van der Waals surface area contributed by atoms with Gasteiger partial charge in [0.25, 0.3) is 0 Å². The molecule has 2 spiro atoms. The van der Waals surface area contributed by atoms with Gasteiger partial charge in [0.15, 0.2) is 0 Å². The molecule has 3 heterocycles. The molecule has 0 unspecified atom stereocenters. The Kier molecular flexibility index (Phi) is 6.21. The molecule has 2 bridgehead atoms. The number of allylic oxidation sites excluding steroid dienone is 8. The largest absolute Gasteiger partial charge is 0.359 e. The van der Waals surface area contributed by atoms with Gasteiger partial charge in [-0.2, -0.15) is 0 Å². The molecule has 2 saturated heterocycles. The van der Waals surface area contributed by atoms with Gasteiger partial charge in [0.2, 0.25) is 0 Å². The Labute approximate surface area is 222 Å². The fourth-order valence-corrected chi connectivity index (χ4v) is 8.60. The lowest BCUT2D eigenvalue weighted by Gasteiger charge is -2.55. The fraction of sp³-hybridized carbons (Fsp3) is 0.545. The molecule has 6 atom stereocenters. The first-order chi connectivity index (χ1) is 17.8. The van der Waals surface area contributed by atoms with Gasteiger partial charge in [0.05, 0.1) is 11.2 Å². The lowest BCUT2D eigenvalue weighted by atomic mass is 9.57. The molecule has 2 saturated carbocycles. The van der Waals surface area contributed by atoms with Crippen LogP contribution in [0.5, 0.6) is 0 Å². The Morgan fingerprint density at radius 1 is 1.14 bits per heavy atom. The summed E-state index contributed by atoms with van der Waals surface area (Å²) in [4.78, 5) is 6.70. The second-order valence-corrected chi connectivity index (χ2v) is 12.4. The summed E-state index contributed by atoms with van der Waals surface area (Å²) in [5, 5.41) is 0. The Bertz CT molecular complexity index is 1170. The maximum Gasteiger partial charge on any atom is 0.103 e. The van der Waals surface area contributed by atoms with Gasteiger partial charge >= 0.3 is 0 Å². The van der Waals surface area contributed by atoms with Gasteiger partial charge in [-0.05, 0) is 96.5 Å². The first kappa shape index (κ1) is 25.0. The number of hydrogen-bond donors (Lipinski definition) is 0. The zero-order valence-corrected chi connectivity index (χ0v) is 22.7. The summed E-state index contributed by atoms with van der Waals surface area (Å²) in [6.45, 7) is 16.3. The predicted octanol–water partition coefficient (Wildman–Crippen LogP) is 6.86. The molecule has 6 rings (SSSR count). The van der Waals surface area contributed by atoms with E-state index in [1.807, 2.05) is 12.3 Å². The maximum absolute atomic E-state index is 7.46. The normalized spacial score (nSPS) is 41.0. The summed E-state index contributed by atoms with van der Waals surface area (Å²) in [5.74, 6) is 0.950. The first-order valence-corrected chi connectivity index (χ1v) is 14.1. The van der Waals surface area contributed by atoms with Crippen LogP contribution in [0.3, 0.4) is 0 Å². The third kappa shape index (κ3) is 3.87. The number of fused-ring (bicyclic) bond motifs is 1. The van der Waals surface area contributed by atoms with Crippen molar-refractivity contribution in [1.82, 2.24) is 4.90 Å². The van der Waals surface area contributed by atoms with Crippen molar-refractivity contribution < 1.29 is 9.47 Å². The van der Waals surface area contributed by atoms with Crippen LogP contribution in [0, 0.1) is 17.3 Å². The number of rotatable bonds is 7. The van der Waals surface area contributed by atoms with Crippen LogP contribution in [0.25, 0.3) is 0 Å². The number of aliphatic imine (C=N–C) groups is 1. The third-order valence-electron chi connectivity index (χ3n) is 10.5. The van der Waals surface area contributed by atoms with E-state index in [0.29, 0.717) is 17.9 Å². The molecule has 37 heavy (non-hydrogen) atoms. The van der Waals surface area contributed by atoms with Crippen molar-refractivity contribution in [2.75, 3.05) is 20.5 Å². The second-order valence-electron chi connectivity index (χ2n) is 12.4. The molecule has 0 amide bonds. The van der Waals surface area contributed by atoms with Crippen LogP contribution in [0.4, 0.5) is 0 Å². The second kappa shape index (κ2) is 9.18. The number of ether oxygens (including phenoxy) is 2. The highest BCUT2D eigenvalue weighted by Crippen LogP contribution is 2.68. The van der Waals surface area contributed by atoms with E-state index in [9.17, 15) is 0 Å². The Balaban J connectivity index is 1.34. The van der Waals surface area contributed by atoms with Crippen LogP contribution in [0.15, 0.2) is 89.1 Å². The zero-order valence-electron chi connectivity index (χ0n) is 22.7. The molecule has 196 valence electrons. The van der Waals surface area contributed by atoms with Gasteiger partial charge in [0.1, 0.15) is 13.5 Å². The van der Waals surface area contributed by atoms with Crippen molar-refractivity contribution in [2.45, 2.75) is 75.5 Å². The summed E-state index contributed by atoms with van der Waals surface area (Å²) >= 11 is 0. The average molecular weight is 499 g/mol. The van der Waals surface area contributed by atoms with Crippen LogP contribution in [-0.2, 0) is 9.47 Å². The highest BCUT2D eigenvalue weighted by molar-refractivity contribution is 5.81. The lowest BCUT2D eigenvalue weighted by Crippen LogP contribution is -2.57. The van der Waals surface area contributed by atoms with Crippen LogP contribution in [-0.4, -0.2) is 48.9 Å². The predicted molar refractivity (Wildman–Crippen MR) is 151 cm³/mol. The van der Waals surface area contributed by atoms with E-state index in [1.165, 1.54) is 24.0 Å². The summed E-state index contributed by atoms with van der Waals surface area (Å²) in [5.41, 5.74) is 6.15. The van der Waals surface area contributed by atoms with E-state index in [2.05, 4.69) is 66.9 Å².